The number of nitrogens with zero attached hydrogens (tertiary/aromatic N) is 1. The summed E-state index contributed by atoms with van der Waals surface area (Å²) in [6.07, 6.45) is 3.31. The van der Waals surface area contributed by atoms with Crippen LogP contribution in [0.1, 0.15) is 25.3 Å². The number of hydrogen-bond acceptors (Lipinski definition) is 2. The minimum Gasteiger partial charge on any atom is -0.370 e. The predicted molar refractivity (Wildman–Crippen MR) is 71.0 cm³/mol. The molecule has 17 heavy (non-hydrogen) atoms. The Bertz CT molecular complexity index is 418. The fourth-order valence-corrected chi connectivity index (χ4v) is 2.90. The van der Waals surface area contributed by atoms with Crippen LogP contribution in [0, 0.1) is 0 Å². The molecule has 1 aromatic rings. The third-order valence-electron chi connectivity index (χ3n) is 3.99. The molecule has 0 bridgehead atoms. The molecule has 0 saturated carbocycles. The van der Waals surface area contributed by atoms with E-state index in [4.69, 9.17) is 16.3 Å². The van der Waals surface area contributed by atoms with Crippen molar-refractivity contribution in [2.75, 3.05) is 24.6 Å². The summed E-state index contributed by atoms with van der Waals surface area (Å²) < 4.78 is 5.53. The Hall–Kier alpha value is -0.730. The number of halogens is 1. The number of anilines is 1. The summed E-state index contributed by atoms with van der Waals surface area (Å²) in [4.78, 5) is 2.38. The highest BCUT2D eigenvalue weighted by Crippen LogP contribution is 2.40. The highest BCUT2D eigenvalue weighted by atomic mass is 35.5. The second-order valence-corrected chi connectivity index (χ2v) is 5.51. The summed E-state index contributed by atoms with van der Waals surface area (Å²) in [5.41, 5.74) is 2.73. The van der Waals surface area contributed by atoms with Gasteiger partial charge in [-0.2, -0.15) is 0 Å². The predicted octanol–water partition coefficient (Wildman–Crippen LogP) is 3.27. The lowest BCUT2D eigenvalue weighted by Crippen LogP contribution is -2.37. The molecule has 1 spiro atoms. The molecular formula is C14H18ClNO. The Labute approximate surface area is 108 Å². The fraction of sp³-hybridized carbons (Fsp3) is 0.571. The average Bonchev–Trinajstić information content (AvgIpc) is 3.10. The molecular weight excluding hydrogens is 234 g/mol. The van der Waals surface area contributed by atoms with E-state index in [-0.39, 0.29) is 5.60 Å². The van der Waals surface area contributed by atoms with Crippen LogP contribution >= 0.6 is 11.6 Å². The largest absolute Gasteiger partial charge is 0.370 e. The molecule has 3 rings (SSSR count). The molecule has 0 radical (unpaired) electrons. The third kappa shape index (κ3) is 2.16. The van der Waals surface area contributed by atoms with Crippen molar-refractivity contribution in [3.63, 3.8) is 0 Å². The van der Waals surface area contributed by atoms with Crippen LogP contribution in [0.15, 0.2) is 18.2 Å². The summed E-state index contributed by atoms with van der Waals surface area (Å²) in [5, 5.41) is 0.886. The van der Waals surface area contributed by atoms with Gasteiger partial charge in [0.25, 0.3) is 0 Å². The van der Waals surface area contributed by atoms with E-state index in [0.29, 0.717) is 0 Å². The van der Waals surface area contributed by atoms with Gasteiger partial charge in [0.2, 0.25) is 0 Å². The van der Waals surface area contributed by atoms with Crippen LogP contribution in [-0.4, -0.2) is 25.3 Å². The van der Waals surface area contributed by atoms with Gasteiger partial charge in [-0.05, 0) is 37.0 Å². The van der Waals surface area contributed by atoms with E-state index in [1.807, 2.05) is 0 Å². The smallest absolute Gasteiger partial charge is 0.0950 e. The normalized spacial score (nSPS) is 21.9. The van der Waals surface area contributed by atoms with Gasteiger partial charge in [0.15, 0.2) is 0 Å². The molecule has 2 fully saturated rings. The van der Waals surface area contributed by atoms with E-state index in [1.165, 1.54) is 11.3 Å². The van der Waals surface area contributed by atoms with Crippen LogP contribution in [0.5, 0.6) is 0 Å². The molecule has 0 N–H and O–H groups in total. The van der Waals surface area contributed by atoms with E-state index < -0.39 is 0 Å². The van der Waals surface area contributed by atoms with Gasteiger partial charge in [-0.3, -0.25) is 0 Å². The minimum absolute atomic E-state index is 0.242. The second-order valence-electron chi connectivity index (χ2n) is 5.10. The van der Waals surface area contributed by atoms with Crippen molar-refractivity contribution < 1.29 is 4.74 Å². The highest BCUT2D eigenvalue weighted by Gasteiger charge is 2.46. The van der Waals surface area contributed by atoms with E-state index in [1.54, 1.807) is 0 Å². The molecule has 0 aliphatic carbocycles. The zero-order chi connectivity index (χ0) is 11.9. The molecule has 3 heteroatoms. The third-order valence-corrected chi connectivity index (χ3v) is 4.29. The Morgan fingerprint density at radius 3 is 2.59 bits per heavy atom. The lowest BCUT2D eigenvalue weighted by atomic mass is 9.97. The van der Waals surface area contributed by atoms with Crippen LogP contribution in [-0.2, 0) is 11.2 Å². The maximum Gasteiger partial charge on any atom is 0.0950 e. The maximum atomic E-state index is 6.36. The first-order valence-electron chi connectivity index (χ1n) is 6.40. The highest BCUT2D eigenvalue weighted by molar-refractivity contribution is 6.33. The van der Waals surface area contributed by atoms with E-state index in [0.717, 1.165) is 44.0 Å². The van der Waals surface area contributed by atoms with Gasteiger partial charge >= 0.3 is 0 Å². The van der Waals surface area contributed by atoms with Gasteiger partial charge in [-0.1, -0.05) is 24.6 Å². The molecule has 2 saturated heterocycles. The number of piperidine rings is 1. The zero-order valence-electron chi connectivity index (χ0n) is 10.2. The molecule has 2 heterocycles. The quantitative estimate of drug-likeness (QED) is 0.750. The monoisotopic (exact) mass is 251 g/mol. The number of benzene rings is 1. The summed E-state index contributed by atoms with van der Waals surface area (Å²) in [7, 11) is 0. The summed E-state index contributed by atoms with van der Waals surface area (Å²) >= 11 is 6.36. The Balaban J connectivity index is 1.75. The molecule has 2 aliphatic heterocycles. The number of hydrogen-bond donors (Lipinski definition) is 0. The Kier molecular flexibility index (Phi) is 2.80. The van der Waals surface area contributed by atoms with E-state index >= 15 is 0 Å². The lowest BCUT2D eigenvalue weighted by Gasteiger charge is -2.32. The minimum atomic E-state index is 0.242. The topological polar surface area (TPSA) is 15.8 Å². The summed E-state index contributed by atoms with van der Waals surface area (Å²) in [5.74, 6) is 0. The van der Waals surface area contributed by atoms with Gasteiger partial charge in [0.05, 0.1) is 22.9 Å². The molecule has 2 nitrogen and oxygen atoms in total. The van der Waals surface area contributed by atoms with Crippen molar-refractivity contribution in [2.24, 2.45) is 0 Å². The first-order valence-corrected chi connectivity index (χ1v) is 6.78. The van der Waals surface area contributed by atoms with Gasteiger partial charge < -0.3 is 9.64 Å². The first-order chi connectivity index (χ1) is 8.22. The number of epoxide rings is 1. The summed E-state index contributed by atoms with van der Waals surface area (Å²) in [6.45, 7) is 5.24. The van der Waals surface area contributed by atoms with E-state index in [2.05, 4.69) is 30.0 Å². The van der Waals surface area contributed by atoms with Crippen LogP contribution in [0.3, 0.4) is 0 Å². The van der Waals surface area contributed by atoms with Crippen molar-refractivity contribution in [2.45, 2.75) is 31.8 Å². The molecule has 0 atom stereocenters. The van der Waals surface area contributed by atoms with Crippen molar-refractivity contribution >= 4 is 17.3 Å². The van der Waals surface area contributed by atoms with Gasteiger partial charge in [-0.15, -0.1) is 0 Å². The number of ether oxygens (including phenoxy) is 1. The van der Waals surface area contributed by atoms with Gasteiger partial charge in [0, 0.05) is 13.1 Å². The van der Waals surface area contributed by atoms with Gasteiger partial charge in [0.1, 0.15) is 0 Å². The molecule has 0 amide bonds. The molecule has 92 valence electrons. The van der Waals surface area contributed by atoms with Crippen molar-refractivity contribution in [1.82, 2.24) is 0 Å². The van der Waals surface area contributed by atoms with Crippen molar-refractivity contribution in [1.29, 1.82) is 0 Å². The summed E-state index contributed by atoms with van der Waals surface area (Å²) in [6, 6.07) is 6.43. The number of aryl methyl sites for hydroxylation is 1. The van der Waals surface area contributed by atoms with Crippen LogP contribution in [0.4, 0.5) is 5.69 Å². The van der Waals surface area contributed by atoms with Gasteiger partial charge in [-0.25, -0.2) is 0 Å². The van der Waals surface area contributed by atoms with Crippen LogP contribution in [0.25, 0.3) is 0 Å². The number of rotatable bonds is 2. The SMILES string of the molecule is CCc1ccc(N2CCC3(CC2)CO3)c(Cl)c1. The molecule has 1 aromatic carbocycles. The fourth-order valence-electron chi connectivity index (χ4n) is 2.57. The van der Waals surface area contributed by atoms with Crippen molar-refractivity contribution in [3.8, 4) is 0 Å². The molecule has 0 aromatic heterocycles. The van der Waals surface area contributed by atoms with E-state index in [9.17, 15) is 0 Å². The Morgan fingerprint density at radius 1 is 1.35 bits per heavy atom. The lowest BCUT2D eigenvalue weighted by molar-refractivity contribution is 0.259. The molecule has 0 unspecified atom stereocenters. The zero-order valence-corrected chi connectivity index (χ0v) is 11.0. The second kappa shape index (κ2) is 4.18. The van der Waals surface area contributed by atoms with Crippen LogP contribution in [0.2, 0.25) is 5.02 Å². The standard InChI is InChI=1S/C14H18ClNO/c1-2-11-3-4-13(12(15)9-11)16-7-5-14(6-8-16)10-17-14/h3-4,9H,2,5-8,10H2,1H3. The van der Waals surface area contributed by atoms with Crippen LogP contribution < -0.4 is 4.90 Å². The van der Waals surface area contributed by atoms with Crippen molar-refractivity contribution in [3.05, 3.63) is 28.8 Å². The molecule has 2 aliphatic rings. The maximum absolute atomic E-state index is 6.36. The first kappa shape index (κ1) is 11.4. The Morgan fingerprint density at radius 2 is 2.06 bits per heavy atom. The average molecular weight is 252 g/mol.